The third-order valence-corrected chi connectivity index (χ3v) is 0. The average molecular weight is 255 g/mol. The second-order valence-electron chi connectivity index (χ2n) is 0.238. The minimum Gasteiger partial charge on any atom is -0.412 e. The molecule has 0 aromatic carbocycles. The summed E-state index contributed by atoms with van der Waals surface area (Å²) >= 11 is 0. The van der Waals surface area contributed by atoms with Crippen LogP contribution in [0.15, 0.2) is 0 Å². The molecule has 0 saturated carbocycles. The van der Waals surface area contributed by atoms with Crippen LogP contribution in [0.4, 0.5) is 0 Å². The Labute approximate surface area is 79.0 Å². The summed E-state index contributed by atoms with van der Waals surface area (Å²) < 4.78 is 0. The summed E-state index contributed by atoms with van der Waals surface area (Å²) in [7, 11) is 0. The van der Waals surface area contributed by atoms with Crippen LogP contribution in [0.1, 0.15) is 0 Å². The molecule has 0 spiro atoms. The van der Waals surface area contributed by atoms with Crippen LogP contribution >= 0.6 is 0 Å². The van der Waals surface area contributed by atoms with E-state index in [0.717, 1.165) is 0 Å². The zero-order valence-electron chi connectivity index (χ0n) is 5.92. The quantitative estimate of drug-likeness (QED) is 0.251. The monoisotopic (exact) mass is 253 g/mol. The van der Waals surface area contributed by atoms with Gasteiger partial charge in [-0.05, 0) is 0 Å². The van der Waals surface area contributed by atoms with Crippen molar-refractivity contribution in [1.82, 2.24) is 0 Å². The molecule has 12 heavy (non-hydrogen) atoms. The van der Waals surface area contributed by atoms with E-state index in [2.05, 4.69) is 0 Å². The van der Waals surface area contributed by atoms with Gasteiger partial charge >= 0.3 is 0 Å². The normalized spacial score (nSPS) is 2.00. The number of hydrogen-bond donors (Lipinski definition) is 1. The standard InChI is InChI=1S/HNO3.7H2O.Zn/c2-1(3)4;;;;;;;;/h(H,2,3,4);7*1H2;. The molecular weight excluding hydrogens is 239 g/mol. The molecular formula is H15NO10Zn. The Morgan fingerprint density at radius 1 is 0.833 bits per heavy atom. The van der Waals surface area contributed by atoms with Gasteiger partial charge in [0.2, 0.25) is 0 Å². The first-order chi connectivity index (χ1) is 1.73. The van der Waals surface area contributed by atoms with Crippen LogP contribution in [0.25, 0.3) is 0 Å². The fraction of sp³-hybridized carbons (Fsp3) is 0. The summed E-state index contributed by atoms with van der Waals surface area (Å²) in [6, 6.07) is 0. The summed E-state index contributed by atoms with van der Waals surface area (Å²) in [6.07, 6.45) is 0. The van der Waals surface area contributed by atoms with Crippen LogP contribution < -0.4 is 0 Å². The van der Waals surface area contributed by atoms with Crippen molar-refractivity contribution >= 4 is 0 Å². The molecule has 0 amide bonds. The molecule has 0 saturated heterocycles. The van der Waals surface area contributed by atoms with E-state index in [0.29, 0.717) is 0 Å². The van der Waals surface area contributed by atoms with Gasteiger partial charge in [-0.25, -0.2) is 0 Å². The average Bonchev–Trinajstić information content (AvgIpc) is 0.811. The Bertz CT molecular complexity index is 32.8. The van der Waals surface area contributed by atoms with E-state index in [1.54, 1.807) is 0 Å². The molecule has 0 unspecified atom stereocenters. The van der Waals surface area contributed by atoms with Crippen LogP contribution in [0.5, 0.6) is 0 Å². The largest absolute Gasteiger partial charge is 0.412 e. The molecule has 12 heteroatoms. The molecule has 0 aromatic rings. The van der Waals surface area contributed by atoms with Gasteiger partial charge in [0.25, 0.3) is 5.09 Å². The van der Waals surface area contributed by atoms with E-state index >= 15 is 0 Å². The molecule has 11 nitrogen and oxygen atoms in total. The van der Waals surface area contributed by atoms with Crippen molar-refractivity contribution in [1.29, 1.82) is 0 Å². The van der Waals surface area contributed by atoms with Gasteiger partial charge in [0.05, 0.1) is 0 Å². The molecule has 0 aliphatic carbocycles. The van der Waals surface area contributed by atoms with E-state index in [4.69, 9.17) is 15.3 Å². The molecule has 0 fully saturated rings. The molecule has 82 valence electrons. The molecule has 0 heterocycles. The van der Waals surface area contributed by atoms with Crippen molar-refractivity contribution < 1.29 is 68.1 Å². The van der Waals surface area contributed by atoms with Gasteiger partial charge in [0.15, 0.2) is 0 Å². The van der Waals surface area contributed by atoms with E-state index in [1.165, 1.54) is 0 Å². The summed E-state index contributed by atoms with van der Waals surface area (Å²) in [4.78, 5) is 8.36. The number of rotatable bonds is 0. The second kappa shape index (κ2) is 148. The molecule has 15 N–H and O–H groups in total. The van der Waals surface area contributed by atoms with Gasteiger partial charge in [-0.1, -0.05) is 0 Å². The predicted octanol–water partition coefficient (Wildman–Crippen LogP) is -6.12. The van der Waals surface area contributed by atoms with Crippen molar-refractivity contribution in [3.8, 4) is 0 Å². The maximum absolute atomic E-state index is 8.36. The van der Waals surface area contributed by atoms with Crippen LogP contribution in [0.2, 0.25) is 0 Å². The van der Waals surface area contributed by atoms with Crippen molar-refractivity contribution in [2.45, 2.75) is 0 Å². The SMILES string of the molecule is O.O.O.O.O.O.O.O=[N+]([O-])O.[Zn]. The van der Waals surface area contributed by atoms with Gasteiger partial charge in [0.1, 0.15) is 0 Å². The Morgan fingerprint density at radius 3 is 0.833 bits per heavy atom. The maximum Gasteiger partial charge on any atom is 0.291 e. The first kappa shape index (κ1) is 198. The van der Waals surface area contributed by atoms with E-state index < -0.39 is 5.09 Å². The fourth-order valence-corrected chi connectivity index (χ4v) is 0. The van der Waals surface area contributed by atoms with Gasteiger partial charge in [-0.15, -0.1) is 10.1 Å². The first-order valence-corrected chi connectivity index (χ1v) is 0.565. The molecule has 0 aliphatic heterocycles. The summed E-state index contributed by atoms with van der Waals surface area (Å²) in [6.45, 7) is 0. The zero-order chi connectivity index (χ0) is 3.58. The molecule has 0 aliphatic rings. The van der Waals surface area contributed by atoms with Crippen molar-refractivity contribution in [3.05, 3.63) is 10.1 Å². The zero-order valence-corrected chi connectivity index (χ0v) is 8.89. The van der Waals surface area contributed by atoms with E-state index in [9.17, 15) is 0 Å². The molecule has 0 bridgehead atoms. The van der Waals surface area contributed by atoms with Crippen LogP contribution in [-0.4, -0.2) is 48.6 Å². The van der Waals surface area contributed by atoms with Gasteiger partial charge in [-0.3, -0.25) is 0 Å². The minimum atomic E-state index is -1.50. The minimum absolute atomic E-state index is 0. The summed E-state index contributed by atoms with van der Waals surface area (Å²) in [5, 5.41) is 13.6. The molecule has 0 atom stereocenters. The Morgan fingerprint density at radius 2 is 0.833 bits per heavy atom. The fourth-order valence-electron chi connectivity index (χ4n) is 0. The molecule has 0 radical (unpaired) electrons. The van der Waals surface area contributed by atoms with Crippen LogP contribution in [0, 0.1) is 10.1 Å². The Hall–Kier alpha value is -0.457. The third-order valence-electron chi connectivity index (χ3n) is 0. The van der Waals surface area contributed by atoms with Crippen LogP contribution in [-0.2, 0) is 19.5 Å². The van der Waals surface area contributed by atoms with Crippen molar-refractivity contribution in [2.75, 3.05) is 0 Å². The summed E-state index contributed by atoms with van der Waals surface area (Å²) in [5.74, 6) is 0. The molecule has 0 aromatic heterocycles. The van der Waals surface area contributed by atoms with Crippen LogP contribution in [0.3, 0.4) is 0 Å². The predicted molar refractivity (Wildman–Crippen MR) is 34.1 cm³/mol. The maximum atomic E-state index is 8.36. The Balaban J connectivity index is -0.00000000161. The first-order valence-electron chi connectivity index (χ1n) is 0.565. The smallest absolute Gasteiger partial charge is 0.291 e. The van der Waals surface area contributed by atoms with E-state index in [-0.39, 0.29) is 57.8 Å². The summed E-state index contributed by atoms with van der Waals surface area (Å²) in [5.41, 5.74) is 0. The van der Waals surface area contributed by atoms with Gasteiger partial charge < -0.3 is 43.5 Å². The van der Waals surface area contributed by atoms with Crippen molar-refractivity contribution in [2.24, 2.45) is 0 Å². The van der Waals surface area contributed by atoms with Gasteiger partial charge in [0, 0.05) is 19.5 Å². The van der Waals surface area contributed by atoms with Gasteiger partial charge in [-0.2, -0.15) is 0 Å². The molecule has 0 rings (SSSR count). The van der Waals surface area contributed by atoms with Crippen molar-refractivity contribution in [3.63, 3.8) is 0 Å². The number of nitrogens with zero attached hydrogens (tertiary/aromatic N) is 1. The van der Waals surface area contributed by atoms with E-state index in [1.807, 2.05) is 0 Å². The Kier molecular flexibility index (Phi) is 2450. The third kappa shape index (κ3) is 3340. The number of hydrogen-bond acceptors (Lipinski definition) is 2. The topological polar surface area (TPSA) is 284 Å². The second-order valence-corrected chi connectivity index (χ2v) is 0.238.